The standard InChI is InChI=1S/C9H19N3/c1-4-7(3)12-8(5-2)6-11-9(12)10/h7-8H,4-6H2,1-3H3,(H2,10,11). The molecule has 3 heteroatoms. The number of nitrogens with two attached hydrogens (primary N) is 1. The van der Waals surface area contributed by atoms with Gasteiger partial charge in [0.1, 0.15) is 0 Å². The fourth-order valence-electron chi connectivity index (χ4n) is 1.66. The van der Waals surface area contributed by atoms with Gasteiger partial charge in [0, 0.05) is 6.04 Å². The van der Waals surface area contributed by atoms with Crippen LogP contribution in [0.15, 0.2) is 4.99 Å². The zero-order chi connectivity index (χ0) is 9.14. The third-order valence-electron chi connectivity index (χ3n) is 2.66. The molecule has 0 radical (unpaired) electrons. The first kappa shape index (κ1) is 9.36. The lowest BCUT2D eigenvalue weighted by Crippen LogP contribution is -2.45. The van der Waals surface area contributed by atoms with E-state index in [2.05, 4.69) is 30.7 Å². The van der Waals surface area contributed by atoms with Gasteiger partial charge in [0.05, 0.1) is 12.6 Å². The Morgan fingerprint density at radius 1 is 1.67 bits per heavy atom. The van der Waals surface area contributed by atoms with Crippen LogP contribution in [0.1, 0.15) is 33.6 Å². The third kappa shape index (κ3) is 1.54. The van der Waals surface area contributed by atoms with E-state index in [1.54, 1.807) is 0 Å². The van der Waals surface area contributed by atoms with Crippen molar-refractivity contribution < 1.29 is 0 Å². The second kappa shape index (κ2) is 3.78. The first-order chi connectivity index (χ1) is 5.70. The van der Waals surface area contributed by atoms with Crippen molar-refractivity contribution >= 4 is 5.96 Å². The number of nitrogens with zero attached hydrogens (tertiary/aromatic N) is 2. The molecule has 12 heavy (non-hydrogen) atoms. The van der Waals surface area contributed by atoms with Crippen LogP contribution in [0.4, 0.5) is 0 Å². The van der Waals surface area contributed by atoms with Crippen molar-refractivity contribution in [1.82, 2.24) is 4.90 Å². The van der Waals surface area contributed by atoms with Gasteiger partial charge in [-0.05, 0) is 19.8 Å². The molecule has 3 nitrogen and oxygen atoms in total. The second-order valence-electron chi connectivity index (χ2n) is 3.43. The van der Waals surface area contributed by atoms with Crippen LogP contribution in [0.25, 0.3) is 0 Å². The van der Waals surface area contributed by atoms with E-state index in [4.69, 9.17) is 5.73 Å². The zero-order valence-electron chi connectivity index (χ0n) is 8.25. The molecule has 2 unspecified atom stereocenters. The average molecular weight is 169 g/mol. The lowest BCUT2D eigenvalue weighted by molar-refractivity contribution is 0.259. The van der Waals surface area contributed by atoms with Gasteiger partial charge in [-0.1, -0.05) is 13.8 Å². The molecule has 1 heterocycles. The molecular weight excluding hydrogens is 150 g/mol. The van der Waals surface area contributed by atoms with Crippen molar-refractivity contribution in [3.63, 3.8) is 0 Å². The van der Waals surface area contributed by atoms with Crippen LogP contribution in [0.3, 0.4) is 0 Å². The summed E-state index contributed by atoms with van der Waals surface area (Å²) in [7, 11) is 0. The van der Waals surface area contributed by atoms with Crippen molar-refractivity contribution in [2.45, 2.75) is 45.7 Å². The number of aliphatic imine (C=N–C) groups is 1. The minimum atomic E-state index is 0.529. The molecule has 1 aliphatic rings. The summed E-state index contributed by atoms with van der Waals surface area (Å²) in [6.45, 7) is 7.46. The average Bonchev–Trinajstić information content (AvgIpc) is 2.45. The molecule has 1 rings (SSSR count). The first-order valence-corrected chi connectivity index (χ1v) is 4.78. The van der Waals surface area contributed by atoms with Crippen LogP contribution in [0.5, 0.6) is 0 Å². The summed E-state index contributed by atoms with van der Waals surface area (Å²) in [4.78, 5) is 6.51. The summed E-state index contributed by atoms with van der Waals surface area (Å²) in [5.41, 5.74) is 5.80. The summed E-state index contributed by atoms with van der Waals surface area (Å²) < 4.78 is 0. The minimum Gasteiger partial charge on any atom is -0.370 e. The van der Waals surface area contributed by atoms with Gasteiger partial charge in [0.25, 0.3) is 0 Å². The van der Waals surface area contributed by atoms with E-state index in [0.29, 0.717) is 12.1 Å². The van der Waals surface area contributed by atoms with Crippen LogP contribution in [0.2, 0.25) is 0 Å². The van der Waals surface area contributed by atoms with E-state index in [1.807, 2.05) is 0 Å². The molecule has 0 aromatic heterocycles. The molecule has 0 fully saturated rings. The van der Waals surface area contributed by atoms with Crippen molar-refractivity contribution in [3.05, 3.63) is 0 Å². The van der Waals surface area contributed by atoms with Gasteiger partial charge in [0.15, 0.2) is 5.96 Å². The van der Waals surface area contributed by atoms with Gasteiger partial charge >= 0.3 is 0 Å². The number of guanidine groups is 1. The summed E-state index contributed by atoms with van der Waals surface area (Å²) >= 11 is 0. The van der Waals surface area contributed by atoms with Crippen LogP contribution in [-0.4, -0.2) is 29.5 Å². The first-order valence-electron chi connectivity index (χ1n) is 4.78. The molecule has 0 saturated heterocycles. The Hall–Kier alpha value is -0.730. The molecule has 2 N–H and O–H groups in total. The largest absolute Gasteiger partial charge is 0.370 e. The maximum Gasteiger partial charge on any atom is 0.191 e. The van der Waals surface area contributed by atoms with Crippen LogP contribution in [-0.2, 0) is 0 Å². The van der Waals surface area contributed by atoms with E-state index in [9.17, 15) is 0 Å². The van der Waals surface area contributed by atoms with Crippen LogP contribution in [0, 0.1) is 0 Å². The molecule has 2 atom stereocenters. The topological polar surface area (TPSA) is 41.6 Å². The smallest absolute Gasteiger partial charge is 0.191 e. The highest BCUT2D eigenvalue weighted by Gasteiger charge is 2.27. The predicted octanol–water partition coefficient (Wildman–Crippen LogP) is 1.19. The van der Waals surface area contributed by atoms with Crippen molar-refractivity contribution in [3.8, 4) is 0 Å². The van der Waals surface area contributed by atoms with E-state index in [1.165, 1.54) is 0 Å². The Morgan fingerprint density at radius 3 is 2.83 bits per heavy atom. The lowest BCUT2D eigenvalue weighted by atomic mass is 10.1. The second-order valence-corrected chi connectivity index (χ2v) is 3.43. The van der Waals surface area contributed by atoms with E-state index >= 15 is 0 Å². The van der Waals surface area contributed by atoms with Gasteiger partial charge < -0.3 is 10.6 Å². The maximum atomic E-state index is 5.80. The van der Waals surface area contributed by atoms with Crippen molar-refractivity contribution in [2.24, 2.45) is 10.7 Å². The third-order valence-corrected chi connectivity index (χ3v) is 2.66. The SMILES string of the molecule is CCC(C)N1C(N)=NCC1CC. The lowest BCUT2D eigenvalue weighted by Gasteiger charge is -2.31. The van der Waals surface area contributed by atoms with Gasteiger partial charge in [-0.2, -0.15) is 0 Å². The molecular formula is C9H19N3. The highest BCUT2D eigenvalue weighted by atomic mass is 15.3. The van der Waals surface area contributed by atoms with Gasteiger partial charge in [0.2, 0.25) is 0 Å². The summed E-state index contributed by atoms with van der Waals surface area (Å²) in [6.07, 6.45) is 2.27. The fraction of sp³-hybridized carbons (Fsp3) is 0.889. The predicted molar refractivity (Wildman–Crippen MR) is 52.2 cm³/mol. The Bertz CT molecular complexity index is 177. The molecule has 0 saturated carbocycles. The highest BCUT2D eigenvalue weighted by Crippen LogP contribution is 2.16. The summed E-state index contributed by atoms with van der Waals surface area (Å²) in [5.74, 6) is 0.733. The fourth-order valence-corrected chi connectivity index (χ4v) is 1.66. The Morgan fingerprint density at radius 2 is 2.33 bits per heavy atom. The minimum absolute atomic E-state index is 0.529. The van der Waals surface area contributed by atoms with Gasteiger partial charge in [-0.15, -0.1) is 0 Å². The van der Waals surface area contributed by atoms with Gasteiger partial charge in [-0.25, -0.2) is 0 Å². The highest BCUT2D eigenvalue weighted by molar-refractivity contribution is 5.80. The monoisotopic (exact) mass is 169 g/mol. The molecule has 0 aromatic rings. The molecule has 0 aliphatic carbocycles. The number of rotatable bonds is 3. The molecule has 70 valence electrons. The summed E-state index contributed by atoms with van der Waals surface area (Å²) in [5, 5.41) is 0. The van der Waals surface area contributed by atoms with Crippen molar-refractivity contribution in [2.75, 3.05) is 6.54 Å². The van der Waals surface area contributed by atoms with Gasteiger partial charge in [-0.3, -0.25) is 4.99 Å². The van der Waals surface area contributed by atoms with Crippen LogP contribution < -0.4 is 5.73 Å². The molecule has 0 spiro atoms. The summed E-state index contributed by atoms with van der Waals surface area (Å²) in [6, 6.07) is 1.07. The molecule has 0 bridgehead atoms. The molecule has 0 amide bonds. The Kier molecular flexibility index (Phi) is 2.95. The zero-order valence-corrected chi connectivity index (χ0v) is 8.25. The quantitative estimate of drug-likeness (QED) is 0.689. The van der Waals surface area contributed by atoms with Crippen LogP contribution >= 0.6 is 0 Å². The number of hydrogen-bond acceptors (Lipinski definition) is 3. The maximum absolute atomic E-state index is 5.80. The molecule has 0 aromatic carbocycles. The Labute approximate surface area is 74.6 Å². The Balaban J connectivity index is 2.64. The number of hydrogen-bond donors (Lipinski definition) is 1. The van der Waals surface area contributed by atoms with E-state index in [0.717, 1.165) is 25.3 Å². The van der Waals surface area contributed by atoms with E-state index < -0.39 is 0 Å². The van der Waals surface area contributed by atoms with Crippen molar-refractivity contribution in [1.29, 1.82) is 0 Å². The molecule has 1 aliphatic heterocycles. The van der Waals surface area contributed by atoms with E-state index in [-0.39, 0.29) is 0 Å². The normalized spacial score (nSPS) is 25.8.